The minimum Gasteiger partial charge on any atom is -0.496 e. The molecule has 110 valence electrons. The second-order valence-corrected chi connectivity index (χ2v) is 6.29. The molecule has 0 aromatic heterocycles. The van der Waals surface area contributed by atoms with Crippen molar-refractivity contribution in [1.29, 1.82) is 0 Å². The normalized spacial score (nSPS) is 10.6. The highest BCUT2D eigenvalue weighted by Crippen LogP contribution is 2.35. The van der Waals surface area contributed by atoms with E-state index in [1.807, 2.05) is 19.9 Å². The maximum absolute atomic E-state index is 13.7. The van der Waals surface area contributed by atoms with Gasteiger partial charge in [0.05, 0.1) is 17.1 Å². The van der Waals surface area contributed by atoms with Crippen molar-refractivity contribution in [2.75, 3.05) is 7.11 Å². The summed E-state index contributed by atoms with van der Waals surface area (Å²) < 4.78 is 20.0. The second kappa shape index (κ2) is 6.28. The molecule has 0 aliphatic heterocycles. The predicted molar refractivity (Wildman–Crippen MR) is 87.7 cm³/mol. The van der Waals surface area contributed by atoms with E-state index in [9.17, 15) is 9.18 Å². The monoisotopic (exact) mass is 414 g/mol. The minimum absolute atomic E-state index is 0.161. The van der Waals surface area contributed by atoms with Gasteiger partial charge in [-0.15, -0.1) is 0 Å². The van der Waals surface area contributed by atoms with E-state index in [0.29, 0.717) is 11.3 Å². The van der Waals surface area contributed by atoms with Crippen molar-refractivity contribution in [2.45, 2.75) is 13.8 Å². The molecule has 2 rings (SSSR count). The third-order valence-electron chi connectivity index (χ3n) is 3.29. The van der Waals surface area contributed by atoms with E-state index in [2.05, 4.69) is 31.9 Å². The largest absolute Gasteiger partial charge is 0.496 e. The number of carbonyl (C=O) groups excluding carboxylic acids is 1. The molecule has 0 radical (unpaired) electrons. The minimum atomic E-state index is -0.468. The maximum Gasteiger partial charge on any atom is 0.198 e. The zero-order valence-corrected chi connectivity index (χ0v) is 14.9. The molecule has 0 unspecified atom stereocenters. The van der Waals surface area contributed by atoms with E-state index in [1.54, 1.807) is 6.07 Å². The Morgan fingerprint density at radius 1 is 1.24 bits per heavy atom. The summed E-state index contributed by atoms with van der Waals surface area (Å²) in [5.74, 6) is -0.235. The first-order valence-corrected chi connectivity index (χ1v) is 7.79. The molecule has 2 aromatic carbocycles. The van der Waals surface area contributed by atoms with Gasteiger partial charge < -0.3 is 4.74 Å². The Morgan fingerprint density at radius 2 is 1.90 bits per heavy atom. The van der Waals surface area contributed by atoms with Gasteiger partial charge >= 0.3 is 0 Å². The summed E-state index contributed by atoms with van der Waals surface area (Å²) in [6.07, 6.45) is 0. The van der Waals surface area contributed by atoms with Gasteiger partial charge in [0.15, 0.2) is 5.78 Å². The van der Waals surface area contributed by atoms with Crippen LogP contribution in [0.15, 0.2) is 33.2 Å². The van der Waals surface area contributed by atoms with Crippen LogP contribution < -0.4 is 4.74 Å². The summed E-state index contributed by atoms with van der Waals surface area (Å²) in [6.45, 7) is 3.69. The standard InChI is InChI=1S/C16H13Br2FO2/c1-8-7-11(17)9(2)13(16(8)21-3)15(20)10-5-4-6-12(19)14(10)18/h4-7H,1-3H3. The van der Waals surface area contributed by atoms with E-state index in [0.717, 1.165) is 15.6 Å². The Hall–Kier alpha value is -1.20. The van der Waals surface area contributed by atoms with Crippen molar-refractivity contribution < 1.29 is 13.9 Å². The van der Waals surface area contributed by atoms with Crippen molar-refractivity contribution in [3.05, 3.63) is 61.3 Å². The molecule has 21 heavy (non-hydrogen) atoms. The maximum atomic E-state index is 13.7. The first-order chi connectivity index (χ1) is 9.88. The number of ether oxygens (including phenoxy) is 1. The van der Waals surface area contributed by atoms with Crippen LogP contribution in [0.25, 0.3) is 0 Å². The Labute approximate surface area is 139 Å². The van der Waals surface area contributed by atoms with Crippen molar-refractivity contribution in [2.24, 2.45) is 0 Å². The number of rotatable bonds is 3. The summed E-state index contributed by atoms with van der Waals surface area (Å²) in [4.78, 5) is 12.8. The molecule has 0 heterocycles. The molecule has 0 aliphatic rings. The quantitative estimate of drug-likeness (QED) is 0.643. The number of hydrogen-bond acceptors (Lipinski definition) is 2. The molecule has 0 spiro atoms. The summed E-state index contributed by atoms with van der Waals surface area (Å²) in [5.41, 5.74) is 2.31. The zero-order chi connectivity index (χ0) is 15.7. The van der Waals surface area contributed by atoms with Crippen molar-refractivity contribution in [3.8, 4) is 5.75 Å². The van der Waals surface area contributed by atoms with Crippen molar-refractivity contribution in [1.82, 2.24) is 0 Å². The number of hydrogen-bond donors (Lipinski definition) is 0. The number of carbonyl (C=O) groups is 1. The molecule has 5 heteroatoms. The fourth-order valence-corrected chi connectivity index (χ4v) is 3.19. The molecular formula is C16H13Br2FO2. The van der Waals surface area contributed by atoms with Gasteiger partial charge in [-0.3, -0.25) is 4.79 Å². The third kappa shape index (κ3) is 2.90. The van der Waals surface area contributed by atoms with E-state index >= 15 is 0 Å². The molecule has 0 saturated carbocycles. The molecule has 0 amide bonds. The van der Waals surface area contributed by atoms with Gasteiger partial charge in [-0.2, -0.15) is 0 Å². The highest BCUT2D eigenvalue weighted by atomic mass is 79.9. The molecule has 2 aromatic rings. The van der Waals surface area contributed by atoms with E-state index in [4.69, 9.17) is 4.74 Å². The summed E-state index contributed by atoms with van der Waals surface area (Å²) in [7, 11) is 1.52. The Bertz CT molecular complexity index is 727. The predicted octanol–water partition coefficient (Wildman–Crippen LogP) is 5.21. The lowest BCUT2D eigenvalue weighted by Gasteiger charge is -2.15. The van der Waals surface area contributed by atoms with E-state index in [1.165, 1.54) is 19.2 Å². The highest BCUT2D eigenvalue weighted by molar-refractivity contribution is 9.10. The molecule has 0 saturated heterocycles. The average Bonchev–Trinajstić information content (AvgIpc) is 2.44. The van der Waals surface area contributed by atoms with Gasteiger partial charge in [0.25, 0.3) is 0 Å². The van der Waals surface area contributed by atoms with Crippen LogP contribution in [-0.2, 0) is 0 Å². The molecule has 0 N–H and O–H groups in total. The van der Waals surface area contributed by atoms with Crippen LogP contribution in [0.2, 0.25) is 0 Å². The Balaban J connectivity index is 2.72. The molecule has 2 nitrogen and oxygen atoms in total. The summed E-state index contributed by atoms with van der Waals surface area (Å²) in [5, 5.41) is 0. The lowest BCUT2D eigenvalue weighted by molar-refractivity contribution is 0.103. The van der Waals surface area contributed by atoms with Gasteiger partial charge in [0.2, 0.25) is 0 Å². The van der Waals surface area contributed by atoms with Gasteiger partial charge in [0.1, 0.15) is 11.6 Å². The average molecular weight is 416 g/mol. The molecular weight excluding hydrogens is 403 g/mol. The van der Waals surface area contributed by atoms with Gasteiger partial charge in [-0.05, 0) is 59.1 Å². The number of aryl methyl sites for hydroxylation is 1. The molecule has 0 aliphatic carbocycles. The fraction of sp³-hybridized carbons (Fsp3) is 0.188. The summed E-state index contributed by atoms with van der Waals surface area (Å²) >= 11 is 6.58. The van der Waals surface area contributed by atoms with Crippen molar-refractivity contribution >= 4 is 37.6 Å². The van der Waals surface area contributed by atoms with Gasteiger partial charge in [0, 0.05) is 10.0 Å². The van der Waals surface area contributed by atoms with Crippen LogP contribution in [0.5, 0.6) is 5.75 Å². The Morgan fingerprint density at radius 3 is 2.52 bits per heavy atom. The van der Waals surface area contributed by atoms with Crippen LogP contribution in [0.4, 0.5) is 4.39 Å². The molecule has 0 atom stereocenters. The SMILES string of the molecule is COc1c(C)cc(Br)c(C)c1C(=O)c1cccc(F)c1Br. The summed E-state index contributed by atoms with van der Waals surface area (Å²) in [6, 6.07) is 6.30. The van der Waals surface area contributed by atoms with Crippen LogP contribution >= 0.6 is 31.9 Å². The molecule has 0 bridgehead atoms. The fourth-order valence-electron chi connectivity index (χ4n) is 2.20. The third-order valence-corrected chi connectivity index (χ3v) is 4.92. The van der Waals surface area contributed by atoms with Crippen LogP contribution in [-0.4, -0.2) is 12.9 Å². The van der Waals surface area contributed by atoms with Crippen LogP contribution in [0, 0.1) is 19.7 Å². The zero-order valence-electron chi connectivity index (χ0n) is 11.8. The Kier molecular flexibility index (Phi) is 4.84. The topological polar surface area (TPSA) is 26.3 Å². The highest BCUT2D eigenvalue weighted by Gasteiger charge is 2.23. The lowest BCUT2D eigenvalue weighted by atomic mass is 9.96. The number of methoxy groups -OCH3 is 1. The van der Waals surface area contributed by atoms with Gasteiger partial charge in [-0.25, -0.2) is 4.39 Å². The molecule has 0 fully saturated rings. The van der Waals surface area contributed by atoms with Crippen LogP contribution in [0.1, 0.15) is 27.0 Å². The second-order valence-electron chi connectivity index (χ2n) is 4.64. The lowest BCUT2D eigenvalue weighted by Crippen LogP contribution is -2.09. The van der Waals surface area contributed by atoms with Crippen LogP contribution in [0.3, 0.4) is 0 Å². The smallest absolute Gasteiger partial charge is 0.198 e. The first-order valence-electron chi connectivity index (χ1n) is 6.20. The van der Waals surface area contributed by atoms with Crippen molar-refractivity contribution in [3.63, 3.8) is 0 Å². The number of benzene rings is 2. The van der Waals surface area contributed by atoms with E-state index in [-0.39, 0.29) is 15.8 Å². The van der Waals surface area contributed by atoms with Gasteiger partial charge in [-0.1, -0.05) is 22.0 Å². The number of ketones is 1. The van der Waals surface area contributed by atoms with E-state index < -0.39 is 5.82 Å². The number of halogens is 3. The first kappa shape index (κ1) is 16.2.